The van der Waals surface area contributed by atoms with E-state index >= 15 is 0 Å². The van der Waals surface area contributed by atoms with E-state index in [0.29, 0.717) is 10.8 Å². The van der Waals surface area contributed by atoms with Crippen LogP contribution in [0, 0.1) is 10.8 Å². The first kappa shape index (κ1) is 14.0. The van der Waals surface area contributed by atoms with Crippen LogP contribution in [0.15, 0.2) is 29.3 Å². The van der Waals surface area contributed by atoms with Crippen LogP contribution in [0.1, 0.15) is 57.4 Å². The summed E-state index contributed by atoms with van der Waals surface area (Å²) in [4.78, 5) is 4.01. The third kappa shape index (κ3) is 2.87. The fourth-order valence-electron chi connectivity index (χ4n) is 4.03. The van der Waals surface area contributed by atoms with Gasteiger partial charge in [0.15, 0.2) is 0 Å². The van der Waals surface area contributed by atoms with Gasteiger partial charge in [-0.1, -0.05) is 19.1 Å². The van der Waals surface area contributed by atoms with Crippen molar-refractivity contribution in [2.24, 2.45) is 15.8 Å². The van der Waals surface area contributed by atoms with Gasteiger partial charge in [0, 0.05) is 0 Å². The lowest BCUT2D eigenvalue weighted by Crippen LogP contribution is -2.40. The fraction of sp³-hybridized carbons (Fsp3) is 0.611. The summed E-state index contributed by atoms with van der Waals surface area (Å²) in [6.07, 6.45) is 11.3. The summed E-state index contributed by atoms with van der Waals surface area (Å²) >= 11 is 4.63. The number of thiocarbonyl (C=S) groups is 1. The molecule has 0 aliphatic heterocycles. The van der Waals surface area contributed by atoms with Gasteiger partial charge < -0.3 is 0 Å². The molecule has 2 bridgehead atoms. The van der Waals surface area contributed by atoms with E-state index in [0.717, 1.165) is 5.69 Å². The van der Waals surface area contributed by atoms with E-state index in [1.165, 1.54) is 56.9 Å². The van der Waals surface area contributed by atoms with E-state index in [4.69, 9.17) is 0 Å². The minimum absolute atomic E-state index is 0.656. The van der Waals surface area contributed by atoms with E-state index < -0.39 is 0 Å². The molecule has 2 heteroatoms. The number of hydrogen-bond donors (Lipinski definition) is 0. The first-order chi connectivity index (χ1) is 9.63. The van der Waals surface area contributed by atoms with Crippen molar-refractivity contribution in [3.63, 3.8) is 0 Å². The van der Waals surface area contributed by atoms with Gasteiger partial charge in [0.1, 0.15) is 0 Å². The molecule has 0 saturated heterocycles. The molecule has 0 spiro atoms. The zero-order valence-electron chi connectivity index (χ0n) is 12.3. The zero-order chi connectivity index (χ0) is 14.1. The number of hydrogen-bond acceptors (Lipinski definition) is 2. The maximum Gasteiger partial charge on any atom is 0.0739 e. The van der Waals surface area contributed by atoms with E-state index in [1.807, 2.05) is 12.1 Å². The van der Waals surface area contributed by atoms with Crippen molar-refractivity contribution in [1.82, 2.24) is 0 Å². The van der Waals surface area contributed by atoms with Crippen molar-refractivity contribution in [2.75, 3.05) is 0 Å². The van der Waals surface area contributed by atoms with Crippen LogP contribution < -0.4 is 0 Å². The van der Waals surface area contributed by atoms with Gasteiger partial charge in [0.05, 0.1) is 10.8 Å². The van der Waals surface area contributed by atoms with E-state index in [2.05, 4.69) is 41.4 Å². The van der Waals surface area contributed by atoms with Crippen LogP contribution in [-0.4, -0.2) is 5.16 Å². The van der Waals surface area contributed by atoms with Gasteiger partial charge >= 0.3 is 0 Å². The SMILES string of the molecule is CC12CCC(CCc3ccc(N=C=S)cc3)(CC1)CC2. The highest BCUT2D eigenvalue weighted by Crippen LogP contribution is 2.58. The monoisotopic (exact) mass is 285 g/mol. The average molecular weight is 285 g/mol. The lowest BCUT2D eigenvalue weighted by molar-refractivity contribution is -0.00226. The maximum atomic E-state index is 4.63. The largest absolute Gasteiger partial charge is 0.195 e. The second kappa shape index (κ2) is 5.42. The number of aryl methyl sites for hydroxylation is 1. The first-order valence-corrected chi connectivity index (χ1v) is 8.21. The number of benzene rings is 1. The Morgan fingerprint density at radius 1 is 1.05 bits per heavy atom. The number of rotatable bonds is 4. The molecule has 1 nitrogen and oxygen atoms in total. The molecule has 4 rings (SSSR count). The molecule has 3 aliphatic carbocycles. The van der Waals surface area contributed by atoms with Crippen LogP contribution in [0.3, 0.4) is 0 Å². The highest BCUT2D eigenvalue weighted by molar-refractivity contribution is 7.78. The Kier molecular flexibility index (Phi) is 3.79. The minimum Gasteiger partial charge on any atom is -0.195 e. The summed E-state index contributed by atoms with van der Waals surface area (Å²) in [7, 11) is 0. The van der Waals surface area contributed by atoms with E-state index in [9.17, 15) is 0 Å². The van der Waals surface area contributed by atoms with Gasteiger partial charge in [0.25, 0.3) is 0 Å². The smallest absolute Gasteiger partial charge is 0.0739 e. The van der Waals surface area contributed by atoms with E-state index in [-0.39, 0.29) is 0 Å². The maximum absolute atomic E-state index is 4.63. The topological polar surface area (TPSA) is 12.4 Å². The predicted octanol–water partition coefficient (Wildman–Crippen LogP) is 5.71. The van der Waals surface area contributed by atoms with Crippen LogP contribution in [0.4, 0.5) is 5.69 Å². The van der Waals surface area contributed by atoms with Gasteiger partial charge in [0.2, 0.25) is 0 Å². The molecule has 0 heterocycles. The molecule has 0 amide bonds. The van der Waals surface area contributed by atoms with Crippen LogP contribution >= 0.6 is 12.2 Å². The second-order valence-corrected chi connectivity index (χ2v) is 7.36. The Hall–Kier alpha value is -0.980. The van der Waals surface area contributed by atoms with Crippen molar-refractivity contribution in [1.29, 1.82) is 0 Å². The number of aliphatic imine (C=N–C) groups is 1. The summed E-state index contributed by atoms with van der Waals surface area (Å²) in [6, 6.07) is 8.48. The highest BCUT2D eigenvalue weighted by Gasteiger charge is 2.45. The van der Waals surface area contributed by atoms with E-state index in [1.54, 1.807) is 0 Å². The predicted molar refractivity (Wildman–Crippen MR) is 87.7 cm³/mol. The molecule has 0 atom stereocenters. The Morgan fingerprint density at radius 2 is 1.65 bits per heavy atom. The van der Waals surface area contributed by atoms with Crippen molar-refractivity contribution in [2.45, 2.75) is 58.3 Å². The molecule has 20 heavy (non-hydrogen) atoms. The van der Waals surface area contributed by atoms with Crippen LogP contribution in [0.5, 0.6) is 0 Å². The first-order valence-electron chi connectivity index (χ1n) is 7.80. The normalized spacial score (nSPS) is 31.9. The summed E-state index contributed by atoms with van der Waals surface area (Å²) in [6.45, 7) is 2.49. The Labute approximate surface area is 127 Å². The van der Waals surface area contributed by atoms with Gasteiger partial charge in [-0.25, -0.2) is 0 Å². The van der Waals surface area contributed by atoms with Crippen molar-refractivity contribution < 1.29 is 0 Å². The average Bonchev–Trinajstić information content (AvgIpc) is 2.49. The molecular weight excluding hydrogens is 262 g/mol. The van der Waals surface area contributed by atoms with Gasteiger partial charge in [-0.2, -0.15) is 4.99 Å². The lowest BCUT2D eigenvalue weighted by Gasteiger charge is -2.52. The third-order valence-corrected chi connectivity index (χ3v) is 5.92. The summed E-state index contributed by atoms with van der Waals surface area (Å²) in [5, 5.41) is 2.42. The van der Waals surface area contributed by atoms with Crippen molar-refractivity contribution >= 4 is 23.1 Å². The summed E-state index contributed by atoms with van der Waals surface area (Å²) in [5.41, 5.74) is 3.68. The molecule has 0 unspecified atom stereocenters. The molecule has 3 fully saturated rings. The molecule has 1 aromatic carbocycles. The fourth-order valence-corrected chi connectivity index (χ4v) is 4.13. The second-order valence-electron chi connectivity index (χ2n) is 7.18. The van der Waals surface area contributed by atoms with Gasteiger partial charge in [-0.05, 0) is 92.1 Å². The molecule has 3 saturated carbocycles. The third-order valence-electron chi connectivity index (χ3n) is 5.83. The molecule has 0 aromatic heterocycles. The van der Waals surface area contributed by atoms with Crippen LogP contribution in [-0.2, 0) is 6.42 Å². The molecule has 0 radical (unpaired) electrons. The highest BCUT2D eigenvalue weighted by atomic mass is 32.1. The zero-order valence-corrected chi connectivity index (χ0v) is 13.1. The van der Waals surface area contributed by atoms with Crippen molar-refractivity contribution in [3.05, 3.63) is 29.8 Å². The molecule has 0 N–H and O–H groups in total. The standard InChI is InChI=1S/C18H23NS/c1-17-8-11-18(12-9-17,13-10-17)7-6-15-2-4-16(5-3-15)19-14-20/h2-5H,6-13H2,1H3. The molecule has 3 aliphatic rings. The van der Waals surface area contributed by atoms with Gasteiger partial charge in [-0.15, -0.1) is 0 Å². The quantitative estimate of drug-likeness (QED) is 0.509. The Balaban J connectivity index is 1.60. The molecule has 1 aromatic rings. The van der Waals surface area contributed by atoms with Crippen LogP contribution in [0.2, 0.25) is 0 Å². The molecule has 106 valence electrons. The lowest BCUT2D eigenvalue weighted by atomic mass is 9.53. The minimum atomic E-state index is 0.656. The summed E-state index contributed by atoms with van der Waals surface area (Å²) in [5.74, 6) is 0. The Morgan fingerprint density at radius 3 is 2.20 bits per heavy atom. The van der Waals surface area contributed by atoms with Gasteiger partial charge in [-0.3, -0.25) is 0 Å². The number of fused-ring (bicyclic) bond motifs is 3. The number of nitrogens with zero attached hydrogens (tertiary/aromatic N) is 1. The van der Waals surface area contributed by atoms with Crippen LogP contribution in [0.25, 0.3) is 0 Å². The Bertz CT molecular complexity index is 500. The molecular formula is C18H23NS. The number of isothiocyanates is 1. The summed E-state index contributed by atoms with van der Waals surface area (Å²) < 4.78 is 0. The van der Waals surface area contributed by atoms with Crippen molar-refractivity contribution in [3.8, 4) is 0 Å².